The summed E-state index contributed by atoms with van der Waals surface area (Å²) in [6.45, 7) is 2.56. The molecule has 6 nitrogen and oxygen atoms in total. The minimum atomic E-state index is -4.62. The molecule has 1 atom stereocenters. The first-order valence-corrected chi connectivity index (χ1v) is 9.33. The van der Waals surface area contributed by atoms with Crippen LogP contribution in [0, 0.1) is 0 Å². The van der Waals surface area contributed by atoms with Gasteiger partial charge in [0.05, 0.1) is 13.2 Å². The van der Waals surface area contributed by atoms with Gasteiger partial charge in [0.1, 0.15) is 19.3 Å². The zero-order valence-corrected chi connectivity index (χ0v) is 15.5. The summed E-state index contributed by atoms with van der Waals surface area (Å²) < 4.78 is 48.1. The molecule has 2 aromatic heterocycles. The second-order valence-corrected chi connectivity index (χ2v) is 6.88. The molecular weight excluding hydrogens is 385 g/mol. The number of aromatic nitrogens is 2. The van der Waals surface area contributed by atoms with Crippen LogP contribution in [0.4, 0.5) is 19.1 Å². The number of nitrogens with one attached hydrogen (secondary N) is 3. The number of aromatic amines is 1. The maximum atomic E-state index is 13.6. The number of carbonyl (C=O) groups is 1. The normalized spacial score (nSPS) is 16.7. The van der Waals surface area contributed by atoms with Gasteiger partial charge in [0.15, 0.2) is 11.6 Å². The van der Waals surface area contributed by atoms with Crippen molar-refractivity contribution in [2.75, 3.05) is 26.3 Å². The van der Waals surface area contributed by atoms with E-state index >= 15 is 0 Å². The second kappa shape index (κ2) is 7.84. The molecule has 1 fully saturated rings. The molecule has 1 saturated heterocycles. The van der Waals surface area contributed by atoms with E-state index in [1.807, 2.05) is 6.07 Å². The number of pyridine rings is 1. The molecule has 152 valence electrons. The Morgan fingerprint density at radius 3 is 2.48 bits per heavy atom. The molecule has 0 saturated carbocycles. The number of benzene rings is 1. The van der Waals surface area contributed by atoms with Gasteiger partial charge < -0.3 is 10.1 Å². The Morgan fingerprint density at radius 2 is 1.79 bits per heavy atom. The maximum Gasteiger partial charge on any atom is 0.457 e. The number of H-pyrrole nitrogens is 1. The third-order valence-electron chi connectivity index (χ3n) is 4.99. The van der Waals surface area contributed by atoms with Crippen molar-refractivity contribution in [3.8, 4) is 0 Å². The highest BCUT2D eigenvalue weighted by molar-refractivity contribution is 5.98. The average molecular weight is 406 g/mol. The van der Waals surface area contributed by atoms with Gasteiger partial charge in [0, 0.05) is 0 Å². The molecule has 1 amide bonds. The highest BCUT2D eigenvalue weighted by Gasteiger charge is 2.43. The van der Waals surface area contributed by atoms with Crippen LogP contribution in [0.2, 0.25) is 0 Å². The number of hydrogen-bond acceptors (Lipinski definition) is 2. The van der Waals surface area contributed by atoms with E-state index in [0.29, 0.717) is 31.8 Å². The molecule has 1 aliphatic heterocycles. The smallest absolute Gasteiger partial charge is 0.370 e. The molecule has 9 heteroatoms. The lowest BCUT2D eigenvalue weighted by molar-refractivity contribution is -0.889. The predicted octanol–water partition coefficient (Wildman–Crippen LogP) is 1.33. The van der Waals surface area contributed by atoms with Crippen LogP contribution in [-0.4, -0.2) is 43.4 Å². The van der Waals surface area contributed by atoms with Crippen molar-refractivity contribution in [1.29, 1.82) is 0 Å². The monoisotopic (exact) mass is 406 g/mol. The van der Waals surface area contributed by atoms with Crippen LogP contribution in [0.5, 0.6) is 0 Å². The highest BCUT2D eigenvalue weighted by Crippen LogP contribution is 2.32. The van der Waals surface area contributed by atoms with Crippen molar-refractivity contribution in [2.24, 2.45) is 0 Å². The summed E-state index contributed by atoms with van der Waals surface area (Å²) in [5.74, 6) is -0.0869. The van der Waals surface area contributed by atoms with Crippen LogP contribution < -0.4 is 14.6 Å². The fourth-order valence-corrected chi connectivity index (χ4v) is 3.57. The number of alkyl halides is 3. The van der Waals surface area contributed by atoms with E-state index < -0.39 is 18.1 Å². The molecule has 0 bridgehead atoms. The number of nitrogens with zero attached hydrogens (tertiary/aromatic N) is 1. The zero-order valence-electron chi connectivity index (χ0n) is 15.5. The zero-order chi connectivity index (χ0) is 20.4. The number of quaternary nitrogens is 1. The Labute approximate surface area is 164 Å². The lowest BCUT2D eigenvalue weighted by Gasteiger charge is -2.21. The molecule has 0 aliphatic carbocycles. The van der Waals surface area contributed by atoms with Crippen LogP contribution in [0.15, 0.2) is 54.7 Å². The van der Waals surface area contributed by atoms with Crippen molar-refractivity contribution in [1.82, 2.24) is 10.3 Å². The quantitative estimate of drug-likeness (QED) is 0.573. The molecule has 0 radical (unpaired) electrons. The first kappa shape index (κ1) is 19.4. The largest absolute Gasteiger partial charge is 0.457 e. The molecule has 3 N–H and O–H groups in total. The number of morpholine rings is 1. The number of carbonyl (C=O) groups excluding carboxylic acids is 1. The fourth-order valence-electron chi connectivity index (χ4n) is 3.57. The minimum absolute atomic E-state index is 0.0177. The van der Waals surface area contributed by atoms with E-state index in [9.17, 15) is 18.0 Å². The summed E-state index contributed by atoms with van der Waals surface area (Å²) >= 11 is 0. The summed E-state index contributed by atoms with van der Waals surface area (Å²) in [7, 11) is 0. The summed E-state index contributed by atoms with van der Waals surface area (Å²) in [6.07, 6.45) is -2.83. The number of imidazole rings is 1. The Bertz CT molecular complexity index is 998. The number of rotatable bonds is 4. The number of amides is 1. The van der Waals surface area contributed by atoms with Crippen LogP contribution in [0.1, 0.15) is 22.1 Å². The van der Waals surface area contributed by atoms with E-state index in [0.717, 1.165) is 10.8 Å². The predicted molar refractivity (Wildman–Crippen MR) is 97.8 cm³/mol. The van der Waals surface area contributed by atoms with E-state index in [1.54, 1.807) is 28.8 Å². The van der Waals surface area contributed by atoms with Gasteiger partial charge in [-0.25, -0.2) is 4.90 Å². The summed E-state index contributed by atoms with van der Waals surface area (Å²) in [5.41, 5.74) is 0.605. The summed E-state index contributed by atoms with van der Waals surface area (Å²) in [6, 6.07) is 10.5. The first-order chi connectivity index (χ1) is 13.9. The van der Waals surface area contributed by atoms with Gasteiger partial charge in [-0.3, -0.25) is 4.79 Å². The average Bonchev–Trinajstić information content (AvgIpc) is 3.12. The van der Waals surface area contributed by atoms with E-state index in [-0.39, 0.29) is 11.3 Å². The van der Waals surface area contributed by atoms with Crippen molar-refractivity contribution in [3.63, 3.8) is 0 Å². The molecule has 1 aliphatic rings. The van der Waals surface area contributed by atoms with E-state index in [1.165, 1.54) is 24.3 Å². The van der Waals surface area contributed by atoms with Gasteiger partial charge in [-0.2, -0.15) is 18.2 Å². The maximum absolute atomic E-state index is 13.6. The number of fused-ring (bicyclic) bond motifs is 1. The van der Waals surface area contributed by atoms with Crippen molar-refractivity contribution >= 4 is 17.4 Å². The van der Waals surface area contributed by atoms with Gasteiger partial charge >= 0.3 is 12.1 Å². The molecule has 1 unspecified atom stereocenters. The van der Waals surface area contributed by atoms with Crippen molar-refractivity contribution in [2.45, 2.75) is 12.2 Å². The lowest BCUT2D eigenvalue weighted by Crippen LogP contribution is -3.11. The minimum Gasteiger partial charge on any atom is -0.370 e. The molecule has 4 rings (SSSR count). The Hall–Kier alpha value is -2.91. The third-order valence-corrected chi connectivity index (χ3v) is 4.99. The number of hydrogen-bond donors (Lipinski definition) is 3. The Kier molecular flexibility index (Phi) is 5.25. The first-order valence-electron chi connectivity index (χ1n) is 9.33. The van der Waals surface area contributed by atoms with E-state index in [4.69, 9.17) is 4.74 Å². The van der Waals surface area contributed by atoms with Crippen LogP contribution in [0.25, 0.3) is 5.52 Å². The standard InChI is InChI=1S/C20H19F3N4O2/c21-20(22,23)17(14-6-2-1-3-7-14)25-18(28)16-15-8-4-5-9-27(15)19(24-16)26-10-12-29-13-11-26/h1-9,17H,10-13H2,(H,25,28)/p+2. The van der Waals surface area contributed by atoms with Gasteiger partial charge in [-0.05, 0) is 17.7 Å². The van der Waals surface area contributed by atoms with Gasteiger partial charge in [-0.1, -0.05) is 36.4 Å². The molecule has 3 heterocycles. The van der Waals surface area contributed by atoms with Gasteiger partial charge in [0.2, 0.25) is 5.69 Å². The highest BCUT2D eigenvalue weighted by atomic mass is 19.4. The van der Waals surface area contributed by atoms with Crippen LogP contribution in [-0.2, 0) is 4.74 Å². The molecule has 1 aromatic carbocycles. The lowest BCUT2D eigenvalue weighted by atomic mass is 10.1. The number of halogens is 3. The Balaban J connectivity index is 1.69. The second-order valence-electron chi connectivity index (χ2n) is 6.88. The van der Waals surface area contributed by atoms with Crippen LogP contribution in [0.3, 0.4) is 0 Å². The van der Waals surface area contributed by atoms with Crippen molar-refractivity contribution in [3.05, 3.63) is 66.0 Å². The van der Waals surface area contributed by atoms with E-state index in [2.05, 4.69) is 10.3 Å². The molecule has 29 heavy (non-hydrogen) atoms. The summed E-state index contributed by atoms with van der Waals surface area (Å²) in [4.78, 5) is 17.0. The van der Waals surface area contributed by atoms with Gasteiger partial charge in [0.25, 0.3) is 5.91 Å². The van der Waals surface area contributed by atoms with Crippen molar-refractivity contribution < 1.29 is 32.0 Å². The number of ether oxygens (including phenoxy) is 1. The molecule has 3 aromatic rings. The Morgan fingerprint density at radius 1 is 1.10 bits per heavy atom. The summed E-state index contributed by atoms with van der Waals surface area (Å²) in [5, 5.41) is 2.16. The SMILES string of the molecule is O=C(NC(c1ccccc1)C(F)(F)F)c1[nH]c([NH+]2CCOCC2)[n+]2ccccc12. The topological polar surface area (TPSA) is 62.7 Å². The van der Waals surface area contributed by atoms with Crippen LogP contribution >= 0.6 is 0 Å². The molecular formula is C20H21F3N4O2+2. The third kappa shape index (κ3) is 3.96. The molecule has 0 spiro atoms. The fraction of sp³-hybridized carbons (Fsp3) is 0.300. The van der Waals surface area contributed by atoms with Gasteiger partial charge in [-0.15, -0.1) is 4.40 Å².